The van der Waals surface area contributed by atoms with Gasteiger partial charge in [-0.1, -0.05) is 54.6 Å². The molecule has 1 amide bonds. The predicted octanol–water partition coefficient (Wildman–Crippen LogP) is 6.20. The van der Waals surface area contributed by atoms with Gasteiger partial charge in [0.15, 0.2) is 0 Å². The fourth-order valence-electron chi connectivity index (χ4n) is 3.27. The monoisotopic (exact) mass is 448 g/mol. The molecular weight excluding hydrogens is 429 g/mol. The molecule has 0 unspecified atom stereocenters. The maximum atomic E-state index is 12.8. The van der Waals surface area contributed by atoms with E-state index in [1.165, 1.54) is 18.3 Å². The van der Waals surface area contributed by atoms with Gasteiger partial charge in [0, 0.05) is 11.1 Å². The predicted molar refractivity (Wildman–Crippen MR) is 121 cm³/mol. The summed E-state index contributed by atoms with van der Waals surface area (Å²) in [4.78, 5) is 12.2. The minimum absolute atomic E-state index is 0.136. The van der Waals surface area contributed by atoms with Gasteiger partial charge in [-0.05, 0) is 52.7 Å². The normalized spacial score (nSPS) is 11.6. The van der Waals surface area contributed by atoms with E-state index in [0.717, 1.165) is 28.5 Å². The number of nitrogens with zero attached hydrogens (tertiary/aromatic N) is 1. The van der Waals surface area contributed by atoms with Crippen LogP contribution in [0.4, 0.5) is 13.2 Å². The van der Waals surface area contributed by atoms with E-state index in [-0.39, 0.29) is 5.56 Å². The highest BCUT2D eigenvalue weighted by atomic mass is 19.4. The van der Waals surface area contributed by atoms with Crippen molar-refractivity contribution < 1.29 is 22.7 Å². The van der Waals surface area contributed by atoms with E-state index in [9.17, 15) is 18.0 Å². The molecule has 4 rings (SSSR count). The fourth-order valence-corrected chi connectivity index (χ4v) is 3.27. The van der Waals surface area contributed by atoms with Crippen molar-refractivity contribution in [1.29, 1.82) is 0 Å². The van der Waals surface area contributed by atoms with Crippen molar-refractivity contribution in [2.45, 2.75) is 12.8 Å². The molecule has 0 aromatic heterocycles. The Balaban J connectivity index is 1.42. The van der Waals surface area contributed by atoms with E-state index in [1.54, 1.807) is 18.2 Å². The molecule has 0 saturated heterocycles. The number of ether oxygens (including phenoxy) is 1. The molecule has 0 aliphatic carbocycles. The molecule has 0 bridgehead atoms. The molecule has 33 heavy (non-hydrogen) atoms. The Bertz CT molecular complexity index is 1320. The Morgan fingerprint density at radius 1 is 0.879 bits per heavy atom. The first-order valence-corrected chi connectivity index (χ1v) is 10.1. The average Bonchev–Trinajstić information content (AvgIpc) is 2.83. The average molecular weight is 448 g/mol. The Hall–Kier alpha value is -4.13. The molecule has 0 atom stereocenters. The number of alkyl halides is 3. The molecule has 0 saturated carbocycles. The smallest absolute Gasteiger partial charge is 0.416 e. The lowest BCUT2D eigenvalue weighted by atomic mass is 10.1. The van der Waals surface area contributed by atoms with Crippen molar-refractivity contribution in [1.82, 2.24) is 5.43 Å². The van der Waals surface area contributed by atoms with Crippen molar-refractivity contribution in [2.75, 3.05) is 0 Å². The number of para-hydroxylation sites is 1. The zero-order valence-corrected chi connectivity index (χ0v) is 17.3. The third kappa shape index (κ3) is 5.57. The van der Waals surface area contributed by atoms with E-state index in [4.69, 9.17) is 4.74 Å². The van der Waals surface area contributed by atoms with Crippen molar-refractivity contribution in [3.05, 3.63) is 113 Å². The zero-order chi connectivity index (χ0) is 23.3. The summed E-state index contributed by atoms with van der Waals surface area (Å²) < 4.78 is 44.5. The van der Waals surface area contributed by atoms with Crippen LogP contribution in [0.5, 0.6) is 5.75 Å². The van der Waals surface area contributed by atoms with Crippen LogP contribution in [0.25, 0.3) is 10.8 Å². The summed E-state index contributed by atoms with van der Waals surface area (Å²) in [6, 6.07) is 25.4. The van der Waals surface area contributed by atoms with Crippen LogP contribution in [0.15, 0.2) is 96.1 Å². The lowest BCUT2D eigenvalue weighted by molar-refractivity contribution is -0.137. The molecule has 4 nitrogen and oxygen atoms in total. The van der Waals surface area contributed by atoms with E-state index < -0.39 is 17.6 Å². The summed E-state index contributed by atoms with van der Waals surface area (Å²) in [5, 5.41) is 6.14. The molecule has 0 heterocycles. The van der Waals surface area contributed by atoms with Crippen molar-refractivity contribution in [2.24, 2.45) is 5.10 Å². The number of benzene rings is 4. The summed E-state index contributed by atoms with van der Waals surface area (Å²) in [5.74, 6) is -0.186. The highest BCUT2D eigenvalue weighted by molar-refractivity contribution is 5.95. The van der Waals surface area contributed by atoms with Crippen molar-refractivity contribution in [3.8, 4) is 5.75 Å². The second kappa shape index (κ2) is 9.56. The van der Waals surface area contributed by atoms with Crippen LogP contribution in [0, 0.1) is 0 Å². The number of rotatable bonds is 6. The van der Waals surface area contributed by atoms with Crippen LogP contribution >= 0.6 is 0 Å². The summed E-state index contributed by atoms with van der Waals surface area (Å²) in [6.07, 6.45) is -3.14. The van der Waals surface area contributed by atoms with Crippen molar-refractivity contribution >= 4 is 22.9 Å². The molecule has 166 valence electrons. The first-order valence-electron chi connectivity index (χ1n) is 10.1. The van der Waals surface area contributed by atoms with Gasteiger partial charge in [0.1, 0.15) is 12.4 Å². The van der Waals surface area contributed by atoms with Gasteiger partial charge in [0.2, 0.25) is 0 Å². The minimum Gasteiger partial charge on any atom is -0.488 e. The van der Waals surface area contributed by atoms with Gasteiger partial charge in [0.05, 0.1) is 11.8 Å². The molecule has 7 heteroatoms. The number of hydrazone groups is 1. The van der Waals surface area contributed by atoms with Gasteiger partial charge in [-0.2, -0.15) is 18.3 Å². The summed E-state index contributed by atoms with van der Waals surface area (Å²) >= 11 is 0. The first-order chi connectivity index (χ1) is 15.9. The Labute approximate surface area is 188 Å². The maximum Gasteiger partial charge on any atom is 0.416 e. The Kier molecular flexibility index (Phi) is 6.40. The van der Waals surface area contributed by atoms with Crippen LogP contribution in [0.1, 0.15) is 27.0 Å². The van der Waals surface area contributed by atoms with E-state index in [0.29, 0.717) is 17.9 Å². The number of nitrogens with one attached hydrogen (secondary N) is 1. The fraction of sp³-hybridized carbons (Fsp3) is 0.0769. The molecule has 0 aliphatic rings. The quantitative estimate of drug-likeness (QED) is 0.282. The number of carbonyl (C=O) groups excluding carboxylic acids is 1. The van der Waals surface area contributed by atoms with Gasteiger partial charge in [0.25, 0.3) is 5.91 Å². The number of carbonyl (C=O) groups is 1. The standard InChI is InChI=1S/C26H19F3N2O2/c27-26(28,29)23-10-5-9-21(15-23)25(32)31-30-16-22-8-3-4-11-24(22)33-17-18-12-13-19-6-1-2-7-20(19)14-18/h1-16H,17H2,(H,31,32)/b30-16-. The largest absolute Gasteiger partial charge is 0.488 e. The van der Waals surface area contributed by atoms with E-state index in [2.05, 4.69) is 16.6 Å². The molecule has 1 N–H and O–H groups in total. The van der Waals surface area contributed by atoms with Crippen LogP contribution in [0.3, 0.4) is 0 Å². The molecular formula is C26H19F3N2O2. The summed E-state index contributed by atoms with van der Waals surface area (Å²) in [5.41, 5.74) is 2.83. The third-order valence-corrected chi connectivity index (χ3v) is 4.95. The molecule has 0 spiro atoms. The Morgan fingerprint density at radius 2 is 1.64 bits per heavy atom. The summed E-state index contributed by atoms with van der Waals surface area (Å²) in [6.45, 7) is 0.340. The lowest BCUT2D eigenvalue weighted by Gasteiger charge is -2.10. The molecule has 0 aliphatic heterocycles. The summed E-state index contributed by atoms with van der Waals surface area (Å²) in [7, 11) is 0. The van der Waals surface area contributed by atoms with Gasteiger partial charge in [-0.15, -0.1) is 0 Å². The van der Waals surface area contributed by atoms with Crippen LogP contribution < -0.4 is 10.2 Å². The highest BCUT2D eigenvalue weighted by Gasteiger charge is 2.30. The number of hydrogen-bond acceptors (Lipinski definition) is 3. The molecule has 0 fully saturated rings. The second-order valence-electron chi connectivity index (χ2n) is 7.29. The Morgan fingerprint density at radius 3 is 2.45 bits per heavy atom. The topological polar surface area (TPSA) is 50.7 Å². The lowest BCUT2D eigenvalue weighted by Crippen LogP contribution is -2.18. The number of hydrogen-bond donors (Lipinski definition) is 1. The number of halogens is 3. The van der Waals surface area contributed by atoms with Crippen LogP contribution in [0.2, 0.25) is 0 Å². The molecule has 4 aromatic carbocycles. The molecule has 0 radical (unpaired) electrons. The van der Waals surface area contributed by atoms with Crippen molar-refractivity contribution in [3.63, 3.8) is 0 Å². The number of amides is 1. The minimum atomic E-state index is -4.53. The molecule has 4 aromatic rings. The second-order valence-corrected chi connectivity index (χ2v) is 7.29. The van der Waals surface area contributed by atoms with Gasteiger partial charge in [-0.25, -0.2) is 5.43 Å². The SMILES string of the molecule is O=C(N/N=C\c1ccccc1OCc1ccc2ccccc2c1)c1cccc(C(F)(F)F)c1. The van der Waals surface area contributed by atoms with Gasteiger partial charge < -0.3 is 4.74 Å². The third-order valence-electron chi connectivity index (χ3n) is 4.95. The van der Waals surface area contributed by atoms with E-state index >= 15 is 0 Å². The zero-order valence-electron chi connectivity index (χ0n) is 17.3. The van der Waals surface area contributed by atoms with E-state index in [1.807, 2.05) is 42.5 Å². The van der Waals surface area contributed by atoms with Gasteiger partial charge >= 0.3 is 6.18 Å². The maximum absolute atomic E-state index is 12.8. The number of fused-ring (bicyclic) bond motifs is 1. The highest BCUT2D eigenvalue weighted by Crippen LogP contribution is 2.29. The first kappa shape index (κ1) is 22.1. The van der Waals surface area contributed by atoms with Crippen LogP contribution in [-0.4, -0.2) is 12.1 Å². The van der Waals surface area contributed by atoms with Crippen LogP contribution in [-0.2, 0) is 12.8 Å². The van der Waals surface area contributed by atoms with Gasteiger partial charge in [-0.3, -0.25) is 4.79 Å².